The average molecular weight is 537 g/mol. The summed E-state index contributed by atoms with van der Waals surface area (Å²) in [4.78, 5) is 20.2. The number of allylic oxidation sites excluding steroid dienone is 12. The number of nitrogens with zero attached hydrogens (tertiary/aromatic N) is 4. The van der Waals surface area contributed by atoms with Crippen molar-refractivity contribution in [3.63, 3.8) is 0 Å². The minimum atomic E-state index is 0.850. The van der Waals surface area contributed by atoms with Crippen LogP contribution >= 0.6 is 0 Å². The number of rotatable bonds is 3. The van der Waals surface area contributed by atoms with E-state index < -0.39 is 0 Å². The highest BCUT2D eigenvalue weighted by atomic mass is 14.9. The Morgan fingerprint density at radius 1 is 0.333 bits per heavy atom. The van der Waals surface area contributed by atoms with Gasteiger partial charge >= 0.3 is 0 Å². The molecule has 0 atom stereocenters. The zero-order valence-corrected chi connectivity index (χ0v) is 22.6. The third kappa shape index (κ3) is 4.36. The van der Waals surface area contributed by atoms with Crippen LogP contribution in [0.25, 0.3) is 16.7 Å². The molecule has 0 N–H and O–H groups in total. The summed E-state index contributed by atoms with van der Waals surface area (Å²) < 4.78 is 0. The zero-order valence-electron chi connectivity index (χ0n) is 22.6. The Bertz CT molecular complexity index is 2020. The molecule has 0 aliphatic carbocycles. The molecule has 5 heterocycles. The molecule has 5 aliphatic heterocycles. The van der Waals surface area contributed by atoms with Gasteiger partial charge in [0.25, 0.3) is 0 Å². The van der Waals surface area contributed by atoms with E-state index in [1.807, 2.05) is 54.7 Å². The molecule has 0 unspecified atom stereocenters. The van der Waals surface area contributed by atoms with Gasteiger partial charge in [0.1, 0.15) is 0 Å². The van der Waals surface area contributed by atoms with Gasteiger partial charge in [-0.3, -0.25) is 0 Å². The van der Waals surface area contributed by atoms with Gasteiger partial charge in [0, 0.05) is 16.7 Å². The lowest BCUT2D eigenvalue weighted by molar-refractivity contribution is 1.41. The summed E-state index contributed by atoms with van der Waals surface area (Å²) in [5, 5.41) is 0. The maximum atomic E-state index is 5.42. The van der Waals surface area contributed by atoms with Crippen molar-refractivity contribution in [1.29, 1.82) is 0 Å². The van der Waals surface area contributed by atoms with E-state index in [1.54, 1.807) is 0 Å². The van der Waals surface area contributed by atoms with E-state index in [0.717, 1.165) is 79.0 Å². The maximum absolute atomic E-state index is 5.42. The van der Waals surface area contributed by atoms with Gasteiger partial charge in [0.15, 0.2) is 0 Å². The summed E-state index contributed by atoms with van der Waals surface area (Å²) in [7, 11) is 0. The Labute approximate surface area is 244 Å². The second-order valence-corrected chi connectivity index (χ2v) is 10.3. The van der Waals surface area contributed by atoms with Crippen LogP contribution in [0.1, 0.15) is 16.7 Å². The Morgan fingerprint density at radius 3 is 1.40 bits per heavy atom. The highest BCUT2D eigenvalue weighted by molar-refractivity contribution is 6.43. The smallest absolute Gasteiger partial charge is 0.0822 e. The second-order valence-electron chi connectivity index (χ2n) is 10.3. The van der Waals surface area contributed by atoms with Crippen LogP contribution in [-0.4, -0.2) is 22.8 Å². The van der Waals surface area contributed by atoms with E-state index in [0.29, 0.717) is 0 Å². The fraction of sp³-hybridized carbons (Fsp3) is 0. The first-order valence-electron chi connectivity index (χ1n) is 14.0. The molecule has 3 aromatic carbocycles. The molecular formula is C38H24N4. The minimum absolute atomic E-state index is 0.850. The van der Waals surface area contributed by atoms with Crippen molar-refractivity contribution >= 4 is 39.6 Å². The van der Waals surface area contributed by atoms with Crippen LogP contribution in [0, 0.1) is 0 Å². The van der Waals surface area contributed by atoms with E-state index >= 15 is 0 Å². The number of benzene rings is 3. The van der Waals surface area contributed by atoms with Gasteiger partial charge < -0.3 is 0 Å². The molecule has 0 aromatic heterocycles. The van der Waals surface area contributed by atoms with Gasteiger partial charge in [0.05, 0.1) is 45.6 Å². The summed E-state index contributed by atoms with van der Waals surface area (Å²) >= 11 is 0. The largest absolute Gasteiger partial charge is 0.249 e. The molecule has 0 saturated heterocycles. The van der Waals surface area contributed by atoms with E-state index in [2.05, 4.69) is 91.0 Å². The molecule has 0 spiro atoms. The number of fused-ring (bicyclic) bond motifs is 4. The van der Waals surface area contributed by atoms with Crippen LogP contribution in [0.2, 0.25) is 0 Å². The highest BCUT2D eigenvalue weighted by Gasteiger charge is 2.30. The van der Waals surface area contributed by atoms with Crippen LogP contribution in [0.3, 0.4) is 0 Å². The molecule has 0 saturated carbocycles. The lowest BCUT2D eigenvalue weighted by Crippen LogP contribution is -2.02. The zero-order chi connectivity index (χ0) is 27.9. The second kappa shape index (κ2) is 10.0. The Hall–Kier alpha value is -5.74. The van der Waals surface area contributed by atoms with Gasteiger partial charge in [-0.1, -0.05) is 91.0 Å². The quantitative estimate of drug-likeness (QED) is 0.324. The lowest BCUT2D eigenvalue weighted by atomic mass is 9.88. The van der Waals surface area contributed by atoms with Gasteiger partial charge in [-0.25, -0.2) is 20.0 Å². The van der Waals surface area contributed by atoms with Crippen LogP contribution in [0.5, 0.6) is 0 Å². The van der Waals surface area contributed by atoms with Gasteiger partial charge in [-0.05, 0) is 71.4 Å². The first kappa shape index (κ1) is 24.1. The summed E-state index contributed by atoms with van der Waals surface area (Å²) in [6, 6.07) is 31.5. The standard InChI is InChI=1S/C38H24N4/c1-4-10-25(11-5-1)35-34-24-32-19-18-29(40-32)22-28-16-17-30(39-28)23-31-20-21-33(41-31)36(26-12-6-2-7-13-26)38(42-34)37(35)27-14-8-3-9-15-27/h1-24H. The third-order valence-electron chi connectivity index (χ3n) is 7.56. The molecule has 4 nitrogen and oxygen atoms in total. The van der Waals surface area contributed by atoms with Crippen molar-refractivity contribution in [2.45, 2.75) is 0 Å². The Kier molecular flexibility index (Phi) is 5.75. The topological polar surface area (TPSA) is 49.4 Å². The first-order valence-corrected chi connectivity index (χ1v) is 14.0. The van der Waals surface area contributed by atoms with Crippen molar-refractivity contribution in [3.8, 4) is 0 Å². The number of hydrogen-bond donors (Lipinski definition) is 0. The lowest BCUT2D eigenvalue weighted by Gasteiger charge is -2.15. The predicted octanol–water partition coefficient (Wildman–Crippen LogP) is 8.16. The summed E-state index contributed by atoms with van der Waals surface area (Å²) in [6.45, 7) is 0. The summed E-state index contributed by atoms with van der Waals surface area (Å²) in [5.74, 6) is 0. The Morgan fingerprint density at radius 2 is 0.810 bits per heavy atom. The highest BCUT2D eigenvalue weighted by Crippen LogP contribution is 2.44. The van der Waals surface area contributed by atoms with Crippen molar-refractivity contribution in [3.05, 3.63) is 185 Å². The molecule has 0 amide bonds. The predicted molar refractivity (Wildman–Crippen MR) is 174 cm³/mol. The van der Waals surface area contributed by atoms with Gasteiger partial charge in [-0.2, -0.15) is 0 Å². The Balaban J connectivity index is 1.49. The summed E-state index contributed by atoms with van der Waals surface area (Å²) in [5.41, 5.74) is 13.3. The molecule has 42 heavy (non-hydrogen) atoms. The normalized spacial score (nSPS) is 18.5. The molecule has 8 rings (SSSR count). The van der Waals surface area contributed by atoms with Crippen LogP contribution in [0.4, 0.5) is 0 Å². The third-order valence-corrected chi connectivity index (χ3v) is 7.56. The van der Waals surface area contributed by atoms with Crippen LogP contribution in [-0.2, 0) is 0 Å². The molecule has 5 aliphatic rings. The van der Waals surface area contributed by atoms with E-state index in [1.165, 1.54) is 0 Å². The van der Waals surface area contributed by atoms with E-state index in [4.69, 9.17) is 20.0 Å². The molecule has 3 aromatic rings. The molecule has 196 valence electrons. The van der Waals surface area contributed by atoms with Crippen molar-refractivity contribution in [2.75, 3.05) is 0 Å². The van der Waals surface area contributed by atoms with Gasteiger partial charge in [-0.15, -0.1) is 0 Å². The SMILES string of the molecule is C1=CC2=NC1=CC1=NC(=C(c3ccccc3)C3=NC(=CC4=NC(=C2)C=C4)C=C3)C(c2ccccc2)=C1c1ccccc1. The fourth-order valence-electron chi connectivity index (χ4n) is 5.71. The van der Waals surface area contributed by atoms with E-state index in [-0.39, 0.29) is 0 Å². The number of hydrogen-bond acceptors (Lipinski definition) is 4. The van der Waals surface area contributed by atoms with Crippen molar-refractivity contribution in [1.82, 2.24) is 0 Å². The van der Waals surface area contributed by atoms with Crippen LogP contribution < -0.4 is 0 Å². The minimum Gasteiger partial charge on any atom is -0.249 e. The molecular weight excluding hydrogens is 512 g/mol. The molecule has 4 heteroatoms. The average Bonchev–Trinajstić information content (AvgIpc) is 3.84. The number of aliphatic imine (C=N–C) groups is 4. The molecule has 0 radical (unpaired) electrons. The summed E-state index contributed by atoms with van der Waals surface area (Å²) in [6.07, 6.45) is 18.3. The molecule has 8 bridgehead atoms. The van der Waals surface area contributed by atoms with Crippen molar-refractivity contribution in [2.24, 2.45) is 20.0 Å². The maximum Gasteiger partial charge on any atom is 0.0822 e. The van der Waals surface area contributed by atoms with E-state index in [9.17, 15) is 0 Å². The van der Waals surface area contributed by atoms with Crippen molar-refractivity contribution < 1.29 is 0 Å². The fourth-order valence-corrected chi connectivity index (χ4v) is 5.71. The first-order chi connectivity index (χ1) is 20.8. The van der Waals surface area contributed by atoms with Crippen LogP contribution in [0.15, 0.2) is 188 Å². The van der Waals surface area contributed by atoms with Gasteiger partial charge in [0.2, 0.25) is 0 Å². The monoisotopic (exact) mass is 536 g/mol. The molecule has 0 fully saturated rings.